The number of Topliss-reactive ketones (excluding diaryl/α,β-unsaturated/α-hetero) is 1. The molecule has 0 atom stereocenters. The molecule has 0 unspecified atom stereocenters. The quantitative estimate of drug-likeness (QED) is 0.654. The Hall–Kier alpha value is -0.330. The third-order valence-corrected chi connectivity index (χ3v) is 2.36. The lowest BCUT2D eigenvalue weighted by Gasteiger charge is -2.09. The van der Waals surface area contributed by atoms with Crippen LogP contribution in [0.15, 0.2) is 0 Å². The molecule has 0 aromatic heterocycles. The summed E-state index contributed by atoms with van der Waals surface area (Å²) in [5, 5.41) is 0. The summed E-state index contributed by atoms with van der Waals surface area (Å²) in [6.07, 6.45) is 17.1. The molecule has 0 N–H and O–H groups in total. The summed E-state index contributed by atoms with van der Waals surface area (Å²) in [6.45, 7) is 0. The van der Waals surface area contributed by atoms with E-state index >= 15 is 0 Å². The van der Waals surface area contributed by atoms with Crippen LogP contribution in [0.5, 0.6) is 0 Å². The molecule has 0 aromatic rings. The molecule has 0 aromatic carbocycles. The summed E-state index contributed by atoms with van der Waals surface area (Å²) >= 11 is 0. The van der Waals surface area contributed by atoms with Gasteiger partial charge in [-0.2, -0.15) is 0 Å². The summed E-state index contributed by atoms with van der Waals surface area (Å²) in [5.41, 5.74) is 0. The van der Waals surface area contributed by atoms with Crippen molar-refractivity contribution in [2.75, 3.05) is 0 Å². The topological polar surface area (TPSA) is 17.1 Å². The van der Waals surface area contributed by atoms with Crippen LogP contribution < -0.4 is 0 Å². The molecule has 1 nitrogen and oxygen atoms in total. The summed E-state index contributed by atoms with van der Waals surface area (Å²) in [7, 11) is 0. The first-order valence-corrected chi connectivity index (χ1v) is 4.82. The van der Waals surface area contributed by atoms with Crippen molar-refractivity contribution in [2.45, 2.75) is 12.8 Å². The van der Waals surface area contributed by atoms with Crippen molar-refractivity contribution < 1.29 is 4.79 Å². The highest BCUT2D eigenvalue weighted by atomic mass is 16.1. The van der Waals surface area contributed by atoms with Gasteiger partial charge < -0.3 is 0 Å². The van der Waals surface area contributed by atoms with Gasteiger partial charge in [-0.05, 0) is 63.7 Å². The SMILES string of the molecule is O=C(CC[C]1[CH][CH][CH][CH]1)[C]1[CH][CH][CH][CH]1. The smallest absolute Gasteiger partial charge is 0.140 e. The fourth-order valence-corrected chi connectivity index (χ4v) is 1.54. The van der Waals surface area contributed by atoms with Gasteiger partial charge in [0.15, 0.2) is 0 Å². The highest BCUT2D eigenvalue weighted by Gasteiger charge is 2.25. The van der Waals surface area contributed by atoms with E-state index in [0.717, 1.165) is 12.3 Å². The molecule has 70 valence electrons. The summed E-state index contributed by atoms with van der Waals surface area (Å²) < 4.78 is 0. The van der Waals surface area contributed by atoms with Gasteiger partial charge in [-0.1, -0.05) is 0 Å². The maximum absolute atomic E-state index is 11.6. The van der Waals surface area contributed by atoms with Crippen LogP contribution in [0.2, 0.25) is 0 Å². The lowest BCUT2D eigenvalue weighted by molar-refractivity contribution is -0.116. The zero-order chi connectivity index (χ0) is 9.80. The molecular weight excluding hydrogens is 172 g/mol. The standard InChI is InChI=1S/C13H12O/c14-13(12-7-3-4-8-12)10-9-11-5-1-2-6-11/h1-8H,9-10H2. The van der Waals surface area contributed by atoms with Crippen molar-refractivity contribution in [1.82, 2.24) is 0 Å². The normalized spacial score (nSPS) is 24.6. The highest BCUT2D eigenvalue weighted by Crippen LogP contribution is 2.30. The van der Waals surface area contributed by atoms with Crippen molar-refractivity contribution in [3.8, 4) is 0 Å². The molecule has 0 spiro atoms. The van der Waals surface area contributed by atoms with Crippen LogP contribution in [-0.2, 0) is 4.79 Å². The number of ketones is 1. The summed E-state index contributed by atoms with van der Waals surface area (Å²) in [4.78, 5) is 11.6. The number of rotatable bonds is 4. The average molecular weight is 184 g/mol. The number of carbonyl (C=O) groups is 1. The lowest BCUT2D eigenvalue weighted by Crippen LogP contribution is -2.10. The second kappa shape index (κ2) is 4.95. The van der Waals surface area contributed by atoms with E-state index in [4.69, 9.17) is 0 Å². The van der Waals surface area contributed by atoms with E-state index in [-0.39, 0.29) is 5.78 Å². The second-order valence-electron chi connectivity index (χ2n) is 3.39. The van der Waals surface area contributed by atoms with E-state index in [0.29, 0.717) is 6.42 Å². The molecule has 2 aliphatic carbocycles. The van der Waals surface area contributed by atoms with Crippen LogP contribution in [0.25, 0.3) is 0 Å². The van der Waals surface area contributed by atoms with Gasteiger partial charge in [0.25, 0.3) is 0 Å². The van der Waals surface area contributed by atoms with Crippen LogP contribution in [0, 0.1) is 63.2 Å². The van der Waals surface area contributed by atoms with Crippen LogP contribution >= 0.6 is 0 Å². The molecule has 2 fully saturated rings. The second-order valence-corrected chi connectivity index (χ2v) is 3.39. The maximum atomic E-state index is 11.6. The van der Waals surface area contributed by atoms with Gasteiger partial charge in [0.1, 0.15) is 5.78 Å². The van der Waals surface area contributed by atoms with Crippen molar-refractivity contribution in [3.05, 3.63) is 63.2 Å². The zero-order valence-electron chi connectivity index (χ0n) is 7.94. The van der Waals surface area contributed by atoms with Gasteiger partial charge in [-0.3, -0.25) is 4.79 Å². The Kier molecular flexibility index (Phi) is 3.61. The van der Waals surface area contributed by atoms with Crippen molar-refractivity contribution >= 4 is 5.78 Å². The summed E-state index contributed by atoms with van der Waals surface area (Å²) in [6, 6.07) is 0. The van der Waals surface area contributed by atoms with E-state index in [1.807, 2.05) is 38.5 Å². The first-order valence-electron chi connectivity index (χ1n) is 4.82. The minimum absolute atomic E-state index is 0.233. The molecular formula is C13H12O. The van der Waals surface area contributed by atoms with Crippen LogP contribution in [0.4, 0.5) is 0 Å². The zero-order valence-corrected chi connectivity index (χ0v) is 7.94. The first-order chi connectivity index (χ1) is 6.86. The van der Waals surface area contributed by atoms with E-state index < -0.39 is 0 Å². The van der Waals surface area contributed by atoms with Crippen molar-refractivity contribution in [2.24, 2.45) is 0 Å². The Labute approximate surface area is 87.3 Å². The molecule has 2 aliphatic rings. The third-order valence-electron chi connectivity index (χ3n) is 2.36. The van der Waals surface area contributed by atoms with Gasteiger partial charge in [0.05, 0.1) is 0 Å². The minimum atomic E-state index is 0.233. The Morgan fingerprint density at radius 3 is 2.14 bits per heavy atom. The largest absolute Gasteiger partial charge is 0.299 e. The first kappa shape index (κ1) is 10.2. The maximum Gasteiger partial charge on any atom is 0.140 e. The molecule has 14 heavy (non-hydrogen) atoms. The minimum Gasteiger partial charge on any atom is -0.299 e. The Morgan fingerprint density at radius 1 is 0.929 bits per heavy atom. The van der Waals surface area contributed by atoms with E-state index in [9.17, 15) is 4.79 Å². The summed E-state index contributed by atoms with van der Waals surface area (Å²) in [5.74, 6) is 2.30. The van der Waals surface area contributed by atoms with Gasteiger partial charge in [-0.25, -0.2) is 0 Å². The van der Waals surface area contributed by atoms with Crippen LogP contribution in [-0.4, -0.2) is 5.78 Å². The number of carbonyl (C=O) groups excluding carboxylic acids is 1. The Balaban J connectivity index is 1.66. The van der Waals surface area contributed by atoms with Crippen LogP contribution in [0.1, 0.15) is 12.8 Å². The molecule has 0 aliphatic heterocycles. The Bertz CT molecular complexity index is 185. The van der Waals surface area contributed by atoms with E-state index in [1.165, 1.54) is 5.92 Å². The molecule has 1 heteroatoms. The molecule has 2 saturated carbocycles. The van der Waals surface area contributed by atoms with E-state index in [1.54, 1.807) is 0 Å². The van der Waals surface area contributed by atoms with Crippen LogP contribution in [0.3, 0.4) is 0 Å². The third kappa shape index (κ3) is 2.59. The molecule has 10 radical (unpaired) electrons. The van der Waals surface area contributed by atoms with Gasteiger partial charge in [0, 0.05) is 12.3 Å². The molecule has 0 bridgehead atoms. The predicted octanol–water partition coefficient (Wildman–Crippen LogP) is 2.15. The van der Waals surface area contributed by atoms with Crippen molar-refractivity contribution in [1.29, 1.82) is 0 Å². The average Bonchev–Trinajstić information content (AvgIpc) is 2.87. The van der Waals surface area contributed by atoms with Gasteiger partial charge in [0.2, 0.25) is 0 Å². The van der Waals surface area contributed by atoms with Gasteiger partial charge >= 0.3 is 0 Å². The molecule has 2 rings (SSSR count). The monoisotopic (exact) mass is 184 g/mol. The highest BCUT2D eigenvalue weighted by molar-refractivity contribution is 5.97. The molecule has 0 amide bonds. The number of hydrogen-bond donors (Lipinski definition) is 0. The lowest BCUT2D eigenvalue weighted by atomic mass is 9.94. The molecule has 0 heterocycles. The van der Waals surface area contributed by atoms with E-state index in [2.05, 4.69) is 12.8 Å². The van der Waals surface area contributed by atoms with Crippen molar-refractivity contribution in [3.63, 3.8) is 0 Å². The molecule has 0 saturated heterocycles. The predicted molar refractivity (Wildman–Crippen MR) is 55.1 cm³/mol. The fraction of sp³-hybridized carbons (Fsp3) is 0.154. The number of hydrogen-bond acceptors (Lipinski definition) is 1. The Morgan fingerprint density at radius 2 is 1.50 bits per heavy atom. The fourth-order valence-electron chi connectivity index (χ4n) is 1.54. The van der Waals surface area contributed by atoms with Gasteiger partial charge in [-0.15, -0.1) is 0 Å².